The number of ketones is 2. The van der Waals surface area contributed by atoms with Gasteiger partial charge in [-0.05, 0) is 79.1 Å². The van der Waals surface area contributed by atoms with Crippen LogP contribution in [0.25, 0.3) is 0 Å². The van der Waals surface area contributed by atoms with E-state index in [1.54, 1.807) is 13.2 Å². The molecule has 0 aliphatic heterocycles. The summed E-state index contributed by atoms with van der Waals surface area (Å²) in [6.07, 6.45) is 11.9. The molecule has 5 aliphatic carbocycles. The lowest BCUT2D eigenvalue weighted by atomic mass is 9.35. The molecule has 0 saturated heterocycles. The van der Waals surface area contributed by atoms with Crippen molar-refractivity contribution in [3.05, 3.63) is 35.2 Å². The molecule has 1 amide bonds. The van der Waals surface area contributed by atoms with E-state index >= 15 is 0 Å². The zero-order valence-electron chi connectivity index (χ0n) is 26.4. The van der Waals surface area contributed by atoms with Crippen LogP contribution in [0.2, 0.25) is 0 Å². The molecule has 0 radical (unpaired) electrons. The van der Waals surface area contributed by atoms with Gasteiger partial charge < -0.3 is 5.32 Å². The highest BCUT2D eigenvalue weighted by Crippen LogP contribution is 2.74. The maximum atomic E-state index is 14.7. The highest BCUT2D eigenvalue weighted by atomic mass is 16.2. The lowest BCUT2D eigenvalue weighted by molar-refractivity contribution is -0.169. The predicted molar refractivity (Wildman–Crippen MR) is 158 cm³/mol. The summed E-state index contributed by atoms with van der Waals surface area (Å²) >= 11 is 0. The number of rotatable bonds is 2. The summed E-state index contributed by atoms with van der Waals surface area (Å²) in [6, 6.07) is 2.19. The van der Waals surface area contributed by atoms with Gasteiger partial charge in [0.1, 0.15) is 6.07 Å². The average molecular weight is 572 g/mol. The third-order valence-corrected chi connectivity index (χ3v) is 13.2. The number of carbonyl (C=O) groups is 3. The molecule has 8 heteroatoms. The summed E-state index contributed by atoms with van der Waals surface area (Å²) in [5.41, 5.74) is -0.487. The number of allylic oxidation sites excluding steroid dienone is 4. The van der Waals surface area contributed by atoms with Crippen molar-refractivity contribution in [2.75, 3.05) is 7.05 Å². The standard InChI is InChI=1S/C34H45N5O3/c1-29(2)11-13-34(39-19-22(37-38-39)28(42)36-8)14-12-33(7)26(21(34)17-29)23(40)15-25-31(5)16-20(18-35)27(41)30(3,4)24(31)9-10-32(25,33)6/h15-16,19,21,24,26H,9-14,17H2,1-8H3,(H,36,42)/t21?,24?,26-,31-,32+,33+,34-/m0/s1. The fraction of sp³-hybridized carbons (Fsp3) is 0.706. The molecule has 42 heavy (non-hydrogen) atoms. The van der Waals surface area contributed by atoms with Crippen molar-refractivity contribution in [2.24, 2.45) is 44.8 Å². The largest absolute Gasteiger partial charge is 0.354 e. The first kappa shape index (κ1) is 29.0. The van der Waals surface area contributed by atoms with Crippen LogP contribution in [0.15, 0.2) is 29.5 Å². The number of nitrogens with zero attached hydrogens (tertiary/aromatic N) is 4. The van der Waals surface area contributed by atoms with Gasteiger partial charge in [-0.2, -0.15) is 5.26 Å². The number of aromatic nitrogens is 3. The van der Waals surface area contributed by atoms with Crippen molar-refractivity contribution in [2.45, 2.75) is 99.0 Å². The lowest BCUT2D eigenvalue weighted by Gasteiger charge is -2.69. The summed E-state index contributed by atoms with van der Waals surface area (Å²) in [4.78, 5) is 40.4. The predicted octanol–water partition coefficient (Wildman–Crippen LogP) is 5.57. The Morgan fingerprint density at radius 2 is 1.74 bits per heavy atom. The van der Waals surface area contributed by atoms with Gasteiger partial charge in [-0.25, -0.2) is 4.68 Å². The molecule has 1 N–H and O–H groups in total. The molecule has 7 atom stereocenters. The Morgan fingerprint density at radius 3 is 2.40 bits per heavy atom. The number of nitriles is 1. The third kappa shape index (κ3) is 3.48. The van der Waals surface area contributed by atoms with E-state index in [0.29, 0.717) is 5.69 Å². The van der Waals surface area contributed by atoms with E-state index in [1.165, 1.54) is 0 Å². The number of nitrogens with one attached hydrogen (secondary N) is 1. The molecular weight excluding hydrogens is 526 g/mol. The van der Waals surface area contributed by atoms with Gasteiger partial charge in [-0.3, -0.25) is 14.4 Å². The number of hydrogen-bond acceptors (Lipinski definition) is 6. The Hall–Kier alpha value is -3.08. The van der Waals surface area contributed by atoms with Crippen LogP contribution in [0.5, 0.6) is 0 Å². The zero-order valence-corrected chi connectivity index (χ0v) is 26.4. The molecular formula is C34H45N5O3. The summed E-state index contributed by atoms with van der Waals surface area (Å²) in [5, 5.41) is 21.4. The molecule has 0 spiro atoms. The van der Waals surface area contributed by atoms with Gasteiger partial charge in [0.05, 0.1) is 17.3 Å². The Bertz CT molecular complexity index is 1510. The molecule has 1 aromatic rings. The number of carbonyl (C=O) groups excluding carboxylic acids is 3. The first-order valence-electron chi connectivity index (χ1n) is 15.6. The van der Waals surface area contributed by atoms with Crippen LogP contribution < -0.4 is 5.32 Å². The van der Waals surface area contributed by atoms with E-state index in [9.17, 15) is 19.6 Å². The van der Waals surface area contributed by atoms with Crippen molar-refractivity contribution in [3.63, 3.8) is 0 Å². The topological polar surface area (TPSA) is 118 Å². The van der Waals surface area contributed by atoms with Crippen LogP contribution in [0.4, 0.5) is 0 Å². The average Bonchev–Trinajstić information content (AvgIpc) is 3.42. The second kappa shape index (κ2) is 8.74. The van der Waals surface area contributed by atoms with Crippen molar-refractivity contribution in [1.29, 1.82) is 5.26 Å². The minimum Gasteiger partial charge on any atom is -0.354 e. The molecule has 2 unspecified atom stereocenters. The highest BCUT2D eigenvalue weighted by Gasteiger charge is 2.70. The highest BCUT2D eigenvalue weighted by molar-refractivity contribution is 6.04. The first-order valence-corrected chi connectivity index (χ1v) is 15.6. The lowest BCUT2D eigenvalue weighted by Crippen LogP contribution is -2.66. The SMILES string of the molecule is CNC(=O)c1cn([C@]23CCC(C)(C)CC2[C@H]2C(=O)C=C4[C@@]5(C)C=C(C#N)C(=O)C(C)(C)C5CC[C@@]4(C)[C@]2(C)CC3)nn1. The number of Topliss-reactive ketones (excluding diaryl/α,β-unsaturated/α-hetero) is 1. The van der Waals surface area contributed by atoms with Crippen molar-refractivity contribution in [1.82, 2.24) is 20.3 Å². The maximum absolute atomic E-state index is 14.7. The molecule has 1 heterocycles. The zero-order chi connectivity index (χ0) is 30.7. The smallest absolute Gasteiger partial charge is 0.273 e. The molecule has 3 saturated carbocycles. The van der Waals surface area contributed by atoms with Crippen LogP contribution in [0.1, 0.15) is 104 Å². The van der Waals surface area contributed by atoms with Crippen LogP contribution in [0, 0.1) is 56.2 Å². The molecule has 0 aromatic carbocycles. The summed E-state index contributed by atoms with van der Waals surface area (Å²) < 4.78 is 1.93. The quantitative estimate of drug-likeness (QED) is 0.496. The normalized spacial score (nSPS) is 41.6. The van der Waals surface area contributed by atoms with E-state index in [4.69, 9.17) is 0 Å². The van der Waals surface area contributed by atoms with Crippen LogP contribution in [-0.4, -0.2) is 39.5 Å². The second-order valence-electron chi connectivity index (χ2n) is 16.0. The van der Waals surface area contributed by atoms with Crippen LogP contribution >= 0.6 is 0 Å². The van der Waals surface area contributed by atoms with E-state index in [-0.39, 0.29) is 62.6 Å². The van der Waals surface area contributed by atoms with Crippen LogP contribution in [0.3, 0.4) is 0 Å². The van der Waals surface area contributed by atoms with Gasteiger partial charge in [-0.1, -0.05) is 65.3 Å². The van der Waals surface area contributed by atoms with Gasteiger partial charge >= 0.3 is 0 Å². The van der Waals surface area contributed by atoms with Gasteiger partial charge in [0.25, 0.3) is 5.91 Å². The molecule has 1 aromatic heterocycles. The van der Waals surface area contributed by atoms with E-state index < -0.39 is 10.8 Å². The molecule has 0 bridgehead atoms. The fourth-order valence-electron chi connectivity index (χ4n) is 10.7. The molecule has 6 rings (SSSR count). The maximum Gasteiger partial charge on any atom is 0.273 e. The number of hydrogen-bond donors (Lipinski definition) is 1. The van der Waals surface area contributed by atoms with E-state index in [1.807, 2.05) is 30.7 Å². The number of fused-ring (bicyclic) bond motifs is 7. The minimum atomic E-state index is -0.678. The van der Waals surface area contributed by atoms with Gasteiger partial charge in [-0.15, -0.1) is 5.10 Å². The Labute approximate surface area is 249 Å². The van der Waals surface area contributed by atoms with Gasteiger partial charge in [0.2, 0.25) is 0 Å². The first-order chi connectivity index (χ1) is 19.5. The van der Waals surface area contributed by atoms with Gasteiger partial charge in [0, 0.05) is 23.8 Å². The second-order valence-corrected chi connectivity index (χ2v) is 16.0. The number of amides is 1. The fourth-order valence-corrected chi connectivity index (χ4v) is 10.7. The Kier molecular flexibility index (Phi) is 6.03. The third-order valence-electron chi connectivity index (χ3n) is 13.2. The van der Waals surface area contributed by atoms with Crippen molar-refractivity contribution in [3.8, 4) is 6.07 Å². The molecule has 3 fully saturated rings. The van der Waals surface area contributed by atoms with E-state index in [0.717, 1.165) is 50.5 Å². The Morgan fingerprint density at radius 1 is 1.05 bits per heavy atom. The van der Waals surface area contributed by atoms with E-state index in [2.05, 4.69) is 56.3 Å². The summed E-state index contributed by atoms with van der Waals surface area (Å²) in [5.74, 6) is -0.322. The molecule has 224 valence electrons. The Balaban J connectivity index is 1.52. The van der Waals surface area contributed by atoms with Crippen LogP contribution in [-0.2, 0) is 15.1 Å². The van der Waals surface area contributed by atoms with Gasteiger partial charge in [0.15, 0.2) is 17.3 Å². The minimum absolute atomic E-state index is 0.0245. The molecule has 8 nitrogen and oxygen atoms in total. The summed E-state index contributed by atoms with van der Waals surface area (Å²) in [6.45, 7) is 15.4. The summed E-state index contributed by atoms with van der Waals surface area (Å²) in [7, 11) is 1.59. The van der Waals surface area contributed by atoms with Crippen molar-refractivity contribution >= 4 is 17.5 Å². The van der Waals surface area contributed by atoms with Crippen molar-refractivity contribution < 1.29 is 14.4 Å². The molecule has 5 aliphatic rings. The monoisotopic (exact) mass is 571 g/mol.